The van der Waals surface area contributed by atoms with Crippen molar-refractivity contribution in [1.29, 1.82) is 0 Å². The van der Waals surface area contributed by atoms with Gasteiger partial charge in [0, 0.05) is 58.3 Å². The van der Waals surface area contributed by atoms with Crippen LogP contribution >= 0.6 is 0 Å². The van der Waals surface area contributed by atoms with Gasteiger partial charge < -0.3 is 0 Å². The van der Waals surface area contributed by atoms with E-state index in [4.69, 9.17) is 0 Å². The van der Waals surface area contributed by atoms with Crippen molar-refractivity contribution in [1.82, 2.24) is 0 Å². The SMILES string of the molecule is [LiH].[MgH2].[Mn].[Ti].[Zn]. The standard InChI is InChI=1S/Li.Mg.Mn.Ti.Zn.3H. The van der Waals surface area contributed by atoms with E-state index in [0.29, 0.717) is 0 Å². The van der Waals surface area contributed by atoms with Crippen molar-refractivity contribution in [3.8, 4) is 0 Å². The van der Waals surface area contributed by atoms with Crippen LogP contribution in [-0.2, 0) is 58.3 Å². The Morgan fingerprint density at radius 2 is 1.00 bits per heavy atom. The zero-order valence-electron chi connectivity index (χ0n) is 1.59. The van der Waals surface area contributed by atoms with Crippen LogP contribution in [0.25, 0.3) is 0 Å². The van der Waals surface area contributed by atoms with Gasteiger partial charge in [0.15, 0.2) is 0 Å². The van der Waals surface area contributed by atoms with Crippen LogP contribution in [0.2, 0.25) is 0 Å². The van der Waals surface area contributed by atoms with Crippen molar-refractivity contribution in [3.05, 3.63) is 0 Å². The molecule has 0 aromatic carbocycles. The summed E-state index contributed by atoms with van der Waals surface area (Å²) in [6.07, 6.45) is 0. The summed E-state index contributed by atoms with van der Waals surface area (Å²) in [4.78, 5) is 0. The Kier molecular flexibility index (Phi) is 223. The van der Waals surface area contributed by atoms with E-state index in [1.807, 2.05) is 0 Å². The second-order valence-electron chi connectivity index (χ2n) is 0. The van der Waals surface area contributed by atoms with Gasteiger partial charge in [0.2, 0.25) is 0 Å². The maximum Gasteiger partial charge on any atom is 0.316 e. The molecule has 0 N–H and O–H groups in total. The molecular weight excluding hydrogens is 199 g/mol. The topological polar surface area (TPSA) is 0 Å². The van der Waals surface area contributed by atoms with E-state index in [0.717, 1.165) is 0 Å². The van der Waals surface area contributed by atoms with Crippen molar-refractivity contribution in [2.75, 3.05) is 0 Å². The van der Waals surface area contributed by atoms with Crippen LogP contribution in [0, 0.1) is 0 Å². The van der Waals surface area contributed by atoms with Crippen molar-refractivity contribution < 1.29 is 58.3 Å². The molecule has 0 aromatic heterocycles. The van der Waals surface area contributed by atoms with Gasteiger partial charge in [-0.3, -0.25) is 0 Å². The van der Waals surface area contributed by atoms with Gasteiger partial charge in [-0.25, -0.2) is 0 Å². The molecule has 0 rings (SSSR count). The fourth-order valence-electron chi connectivity index (χ4n) is 0. The molecule has 0 nitrogen and oxygen atoms in total. The zero-order valence-corrected chi connectivity index (χ0v) is 7.29. The van der Waals surface area contributed by atoms with Crippen molar-refractivity contribution in [2.45, 2.75) is 0 Å². The molecule has 0 heterocycles. The molecule has 0 bridgehead atoms. The van der Waals surface area contributed by atoms with E-state index in [2.05, 4.69) is 0 Å². The molecule has 1 radical (unpaired) electrons. The van der Waals surface area contributed by atoms with Crippen molar-refractivity contribution in [2.24, 2.45) is 0 Å². The van der Waals surface area contributed by atoms with Gasteiger partial charge in [-0.2, -0.15) is 0 Å². The largest absolute Gasteiger partial charge is 0.316 e. The predicted octanol–water partition coefficient (Wildman–Crippen LogP) is -1.57. The Hall–Kier alpha value is 3.22. The second kappa shape index (κ2) is 26.9. The average Bonchev–Trinajstić information content (AvgIpc) is 0. The molecule has 19 valence electrons. The fraction of sp³-hybridized carbons (Fsp3) is 0. The van der Waals surface area contributed by atoms with E-state index >= 15 is 0 Å². The van der Waals surface area contributed by atoms with Gasteiger partial charge in [0.05, 0.1) is 0 Å². The van der Waals surface area contributed by atoms with Crippen LogP contribution < -0.4 is 0 Å². The Labute approximate surface area is 98.4 Å². The molecular formula is H3LiMgMnTiZn. The quantitative estimate of drug-likeness (QED) is 0.416. The molecule has 0 fully saturated rings. The van der Waals surface area contributed by atoms with E-state index in [9.17, 15) is 0 Å². The predicted molar refractivity (Wildman–Crippen MR) is 15.7 cm³/mol. The fourth-order valence-corrected chi connectivity index (χ4v) is 0. The molecule has 0 saturated carbocycles. The number of rotatable bonds is 0. The summed E-state index contributed by atoms with van der Waals surface area (Å²) >= 11 is 0. The molecule has 0 aliphatic rings. The Bertz CT molecular complexity index is 11.6. The molecule has 5 heavy (non-hydrogen) atoms. The molecule has 0 unspecified atom stereocenters. The van der Waals surface area contributed by atoms with Crippen LogP contribution in [0.4, 0.5) is 0 Å². The Morgan fingerprint density at radius 1 is 1.00 bits per heavy atom. The summed E-state index contributed by atoms with van der Waals surface area (Å²) in [5.41, 5.74) is 0. The first-order valence-electron chi connectivity index (χ1n) is 0. The molecule has 0 aliphatic heterocycles. The third-order valence-electron chi connectivity index (χ3n) is 0. The molecule has 0 aromatic rings. The van der Waals surface area contributed by atoms with Gasteiger partial charge in [-0.1, -0.05) is 0 Å². The monoisotopic (exact) mass is 201 g/mol. The van der Waals surface area contributed by atoms with Crippen LogP contribution in [0.1, 0.15) is 0 Å². The van der Waals surface area contributed by atoms with Crippen LogP contribution in [0.3, 0.4) is 0 Å². The van der Waals surface area contributed by atoms with Crippen molar-refractivity contribution >= 4 is 41.9 Å². The molecule has 5 heteroatoms. The van der Waals surface area contributed by atoms with Crippen molar-refractivity contribution in [3.63, 3.8) is 0 Å². The average molecular weight is 202 g/mol. The summed E-state index contributed by atoms with van der Waals surface area (Å²) in [6, 6.07) is 0. The summed E-state index contributed by atoms with van der Waals surface area (Å²) in [6.45, 7) is 0. The van der Waals surface area contributed by atoms with Gasteiger partial charge in [0.25, 0.3) is 0 Å². The third-order valence-corrected chi connectivity index (χ3v) is 0. The summed E-state index contributed by atoms with van der Waals surface area (Å²) in [7, 11) is 0. The minimum atomic E-state index is 0. The smallest absolute Gasteiger partial charge is 0 e. The minimum Gasteiger partial charge on any atom is 0 e. The van der Waals surface area contributed by atoms with Crippen LogP contribution in [0.15, 0.2) is 0 Å². The number of hydrogen-bond acceptors (Lipinski definition) is 0. The Balaban J connectivity index is 0. The first-order chi connectivity index (χ1) is 0. The van der Waals surface area contributed by atoms with Gasteiger partial charge in [-0.15, -0.1) is 0 Å². The first kappa shape index (κ1) is 41.3. The molecule has 0 spiro atoms. The van der Waals surface area contributed by atoms with E-state index in [-0.39, 0.29) is 100 Å². The van der Waals surface area contributed by atoms with E-state index < -0.39 is 0 Å². The molecule has 0 saturated heterocycles. The second-order valence-corrected chi connectivity index (χ2v) is 0. The van der Waals surface area contributed by atoms with Gasteiger partial charge in [0.1, 0.15) is 0 Å². The maximum atomic E-state index is 0. The molecule has 0 atom stereocenters. The molecule has 0 amide bonds. The summed E-state index contributed by atoms with van der Waals surface area (Å²) < 4.78 is 0. The van der Waals surface area contributed by atoms with Crippen LogP contribution in [0.5, 0.6) is 0 Å². The van der Waals surface area contributed by atoms with E-state index in [1.54, 1.807) is 0 Å². The van der Waals surface area contributed by atoms with Gasteiger partial charge in [-0.05, 0) is 0 Å². The molecule has 0 aliphatic carbocycles. The number of hydrogen-bond donors (Lipinski definition) is 0. The van der Waals surface area contributed by atoms with E-state index in [1.165, 1.54) is 0 Å². The summed E-state index contributed by atoms with van der Waals surface area (Å²) in [5, 5.41) is 0. The maximum absolute atomic E-state index is 0. The normalized spacial score (nSPS) is 0. The summed E-state index contributed by atoms with van der Waals surface area (Å²) in [5.74, 6) is 0. The Morgan fingerprint density at radius 3 is 1.00 bits per heavy atom. The van der Waals surface area contributed by atoms with Crippen LogP contribution in [-0.4, -0.2) is 41.9 Å². The third kappa shape index (κ3) is 19.0. The van der Waals surface area contributed by atoms with Gasteiger partial charge >= 0.3 is 41.9 Å². The zero-order chi connectivity index (χ0) is 0. The minimum absolute atomic E-state index is 0. The first-order valence-corrected chi connectivity index (χ1v) is 0.